The van der Waals surface area contributed by atoms with Crippen molar-refractivity contribution in [2.24, 2.45) is 0 Å². The molecular formula is C20H19N5O2. The monoisotopic (exact) mass is 361 g/mol. The molecule has 0 spiro atoms. The number of nitrogens with one attached hydrogen (secondary N) is 1. The van der Waals surface area contributed by atoms with E-state index in [1.165, 1.54) is 0 Å². The minimum Gasteiger partial charge on any atom is -0.459 e. The van der Waals surface area contributed by atoms with Crippen molar-refractivity contribution in [2.45, 2.75) is 6.42 Å². The van der Waals surface area contributed by atoms with Crippen LogP contribution in [-0.2, 0) is 11.2 Å². The first kappa shape index (κ1) is 16.0. The number of rotatable bonds is 4. The number of benzene rings is 1. The van der Waals surface area contributed by atoms with Gasteiger partial charge in [-0.2, -0.15) is 5.10 Å². The van der Waals surface area contributed by atoms with Crippen LogP contribution in [0.4, 0.5) is 5.82 Å². The van der Waals surface area contributed by atoms with E-state index in [0.29, 0.717) is 19.6 Å². The van der Waals surface area contributed by atoms with Crippen LogP contribution >= 0.6 is 0 Å². The van der Waals surface area contributed by atoms with Gasteiger partial charge < -0.3 is 14.1 Å². The molecule has 7 nitrogen and oxygen atoms in total. The van der Waals surface area contributed by atoms with Gasteiger partial charge in [0.25, 0.3) is 0 Å². The highest BCUT2D eigenvalue weighted by Gasteiger charge is 2.19. The second kappa shape index (κ2) is 6.85. The molecular weight excluding hydrogens is 342 g/mol. The quantitative estimate of drug-likeness (QED) is 0.602. The average molecular weight is 361 g/mol. The standard InChI is InChI=1S/C20H19N5O2/c1-2-4-14(5-3-1)17-12-15(23-24-17)13-18-21-16-6-9-27-19(16)20(22-18)25-7-10-26-11-8-25/h1-6,9,12H,7-8,10-11,13H2,(H,23,24). The molecule has 1 aliphatic heterocycles. The first-order chi connectivity index (χ1) is 13.4. The maximum absolute atomic E-state index is 5.64. The first-order valence-corrected chi connectivity index (χ1v) is 9.03. The van der Waals surface area contributed by atoms with E-state index >= 15 is 0 Å². The molecule has 1 aromatic carbocycles. The molecule has 3 aromatic heterocycles. The SMILES string of the molecule is c1ccc(-c2cc(Cc3nc(N4CCOCC4)c4occc4n3)[nH]n2)cc1. The van der Waals surface area contributed by atoms with E-state index in [-0.39, 0.29) is 0 Å². The van der Waals surface area contributed by atoms with Crippen molar-refractivity contribution in [3.63, 3.8) is 0 Å². The Kier molecular flexibility index (Phi) is 4.06. The van der Waals surface area contributed by atoms with Crippen LogP contribution in [0.15, 0.2) is 53.1 Å². The molecule has 0 amide bonds. The minimum atomic E-state index is 0.582. The summed E-state index contributed by atoms with van der Waals surface area (Å²) in [5, 5.41) is 7.53. The summed E-state index contributed by atoms with van der Waals surface area (Å²) in [5.41, 5.74) is 4.53. The lowest BCUT2D eigenvalue weighted by Crippen LogP contribution is -2.37. The highest BCUT2D eigenvalue weighted by Crippen LogP contribution is 2.26. The van der Waals surface area contributed by atoms with E-state index < -0.39 is 0 Å². The zero-order valence-corrected chi connectivity index (χ0v) is 14.8. The molecule has 1 N–H and O–H groups in total. The Hall–Kier alpha value is -3.19. The topological polar surface area (TPSA) is 80.1 Å². The van der Waals surface area contributed by atoms with Crippen molar-refractivity contribution >= 4 is 16.9 Å². The largest absolute Gasteiger partial charge is 0.459 e. The third kappa shape index (κ3) is 3.17. The molecule has 0 radical (unpaired) electrons. The number of fused-ring (bicyclic) bond motifs is 1. The fourth-order valence-electron chi connectivity index (χ4n) is 3.34. The lowest BCUT2D eigenvalue weighted by atomic mass is 10.1. The van der Waals surface area contributed by atoms with Gasteiger partial charge >= 0.3 is 0 Å². The first-order valence-electron chi connectivity index (χ1n) is 9.03. The van der Waals surface area contributed by atoms with Gasteiger partial charge in [-0.15, -0.1) is 0 Å². The van der Waals surface area contributed by atoms with Crippen LogP contribution < -0.4 is 4.90 Å². The van der Waals surface area contributed by atoms with Crippen LogP contribution in [0.5, 0.6) is 0 Å². The number of aromatic nitrogens is 4. The maximum atomic E-state index is 5.64. The number of H-pyrrole nitrogens is 1. The third-order valence-electron chi connectivity index (χ3n) is 4.69. The number of furan rings is 1. The van der Waals surface area contributed by atoms with Gasteiger partial charge in [0.05, 0.1) is 25.2 Å². The molecule has 0 saturated carbocycles. The molecule has 5 rings (SSSR count). The second-order valence-electron chi connectivity index (χ2n) is 6.52. The number of ether oxygens (including phenoxy) is 1. The lowest BCUT2D eigenvalue weighted by Gasteiger charge is -2.27. The number of aromatic amines is 1. The van der Waals surface area contributed by atoms with Crippen LogP contribution in [0, 0.1) is 0 Å². The molecule has 0 bridgehead atoms. The Morgan fingerprint density at radius 1 is 1.04 bits per heavy atom. The molecule has 4 aromatic rings. The van der Waals surface area contributed by atoms with E-state index in [1.807, 2.05) is 42.5 Å². The minimum absolute atomic E-state index is 0.582. The van der Waals surface area contributed by atoms with Crippen molar-refractivity contribution < 1.29 is 9.15 Å². The van der Waals surface area contributed by atoms with Crippen molar-refractivity contribution in [3.05, 3.63) is 60.2 Å². The van der Waals surface area contributed by atoms with Crippen molar-refractivity contribution in [3.8, 4) is 11.3 Å². The molecule has 0 unspecified atom stereocenters. The summed E-state index contributed by atoms with van der Waals surface area (Å²) in [6.07, 6.45) is 2.25. The van der Waals surface area contributed by atoms with Crippen molar-refractivity contribution in [2.75, 3.05) is 31.2 Å². The van der Waals surface area contributed by atoms with E-state index in [0.717, 1.165) is 52.8 Å². The zero-order chi connectivity index (χ0) is 18.1. The fraction of sp³-hybridized carbons (Fsp3) is 0.250. The normalized spacial score (nSPS) is 14.7. The Balaban J connectivity index is 1.46. The van der Waals surface area contributed by atoms with Gasteiger partial charge in [0.1, 0.15) is 11.3 Å². The number of hydrogen-bond donors (Lipinski definition) is 1. The van der Waals surface area contributed by atoms with Gasteiger partial charge in [-0.05, 0) is 6.07 Å². The molecule has 1 saturated heterocycles. The number of anilines is 1. The summed E-state index contributed by atoms with van der Waals surface area (Å²) in [5.74, 6) is 1.58. The summed E-state index contributed by atoms with van der Waals surface area (Å²) >= 11 is 0. The molecule has 0 aliphatic carbocycles. The van der Waals surface area contributed by atoms with Crippen LogP contribution in [0.3, 0.4) is 0 Å². The van der Waals surface area contributed by atoms with Crippen LogP contribution in [0.25, 0.3) is 22.4 Å². The average Bonchev–Trinajstić information content (AvgIpc) is 3.38. The summed E-state index contributed by atoms with van der Waals surface area (Å²) in [7, 11) is 0. The van der Waals surface area contributed by atoms with Crippen molar-refractivity contribution in [1.29, 1.82) is 0 Å². The summed E-state index contributed by atoms with van der Waals surface area (Å²) in [6, 6.07) is 14.0. The van der Waals surface area contributed by atoms with Gasteiger partial charge in [0.15, 0.2) is 11.4 Å². The van der Waals surface area contributed by atoms with Crippen LogP contribution in [-0.4, -0.2) is 46.5 Å². The van der Waals surface area contributed by atoms with Crippen LogP contribution in [0.1, 0.15) is 11.5 Å². The Labute approximate surface area is 156 Å². The third-order valence-corrected chi connectivity index (χ3v) is 4.69. The molecule has 1 aliphatic rings. The van der Waals surface area contributed by atoms with Gasteiger partial charge in [-0.3, -0.25) is 5.10 Å². The van der Waals surface area contributed by atoms with Gasteiger partial charge in [-0.1, -0.05) is 30.3 Å². The predicted octanol–water partition coefficient (Wildman–Crippen LogP) is 3.04. The fourth-order valence-corrected chi connectivity index (χ4v) is 3.34. The maximum Gasteiger partial charge on any atom is 0.194 e. The van der Waals surface area contributed by atoms with Gasteiger partial charge in [0.2, 0.25) is 0 Å². The highest BCUT2D eigenvalue weighted by molar-refractivity contribution is 5.84. The number of hydrogen-bond acceptors (Lipinski definition) is 6. The molecule has 1 fully saturated rings. The van der Waals surface area contributed by atoms with Gasteiger partial charge in [-0.25, -0.2) is 9.97 Å². The van der Waals surface area contributed by atoms with Crippen LogP contribution in [0.2, 0.25) is 0 Å². The zero-order valence-electron chi connectivity index (χ0n) is 14.8. The molecule has 4 heterocycles. The Morgan fingerprint density at radius 2 is 1.89 bits per heavy atom. The molecule has 7 heteroatoms. The molecule has 0 atom stereocenters. The lowest BCUT2D eigenvalue weighted by molar-refractivity contribution is 0.122. The van der Waals surface area contributed by atoms with Gasteiger partial charge in [0, 0.05) is 36.8 Å². The second-order valence-corrected chi connectivity index (χ2v) is 6.52. The van der Waals surface area contributed by atoms with E-state index in [4.69, 9.17) is 14.1 Å². The highest BCUT2D eigenvalue weighted by atomic mass is 16.5. The summed E-state index contributed by atoms with van der Waals surface area (Å²) in [4.78, 5) is 11.6. The smallest absolute Gasteiger partial charge is 0.194 e. The summed E-state index contributed by atoms with van der Waals surface area (Å²) < 4.78 is 11.1. The van der Waals surface area contributed by atoms with E-state index in [2.05, 4.69) is 20.1 Å². The number of nitrogens with zero attached hydrogens (tertiary/aromatic N) is 4. The molecule has 27 heavy (non-hydrogen) atoms. The summed E-state index contributed by atoms with van der Waals surface area (Å²) in [6.45, 7) is 2.99. The van der Waals surface area contributed by atoms with E-state index in [1.54, 1.807) is 6.26 Å². The Morgan fingerprint density at radius 3 is 2.74 bits per heavy atom. The Bertz CT molecular complexity index is 1050. The van der Waals surface area contributed by atoms with E-state index in [9.17, 15) is 0 Å². The number of morpholine rings is 1. The molecule has 136 valence electrons. The van der Waals surface area contributed by atoms with Crippen molar-refractivity contribution in [1.82, 2.24) is 20.2 Å². The predicted molar refractivity (Wildman–Crippen MR) is 102 cm³/mol.